The molecule has 0 amide bonds. The third-order valence-electron chi connectivity index (χ3n) is 2.61. The maximum absolute atomic E-state index is 5.48. The monoisotopic (exact) mass is 241 g/mol. The number of rotatable bonds is 9. The van der Waals surface area contributed by atoms with E-state index >= 15 is 0 Å². The van der Waals surface area contributed by atoms with E-state index in [2.05, 4.69) is 17.1 Å². The van der Waals surface area contributed by atoms with Gasteiger partial charge in [-0.25, -0.2) is 0 Å². The Morgan fingerprint density at radius 1 is 0.938 bits per heavy atom. The molecule has 0 atom stereocenters. The summed E-state index contributed by atoms with van der Waals surface area (Å²) in [5, 5.41) is 10.6. The number of hydrogen-bond acceptors (Lipinski definition) is 4. The van der Waals surface area contributed by atoms with Gasteiger partial charge in [0.05, 0.1) is 0 Å². The van der Waals surface area contributed by atoms with Crippen LogP contribution < -0.4 is 5.73 Å². The van der Waals surface area contributed by atoms with Crippen molar-refractivity contribution in [2.75, 3.05) is 6.54 Å². The van der Waals surface area contributed by atoms with Crippen LogP contribution in [0.3, 0.4) is 0 Å². The van der Waals surface area contributed by atoms with Crippen LogP contribution in [0.25, 0.3) is 0 Å². The summed E-state index contributed by atoms with van der Waals surface area (Å²) in [6.45, 7) is 2.92. The van der Waals surface area contributed by atoms with Crippen LogP contribution in [0.5, 0.6) is 0 Å². The minimum absolute atomic E-state index is 0.672. The zero-order valence-corrected chi connectivity index (χ0v) is 11.1. The Kier molecular flexibility index (Phi) is 7.34. The number of nitrogens with zero attached hydrogens (tertiary/aromatic N) is 2. The van der Waals surface area contributed by atoms with Crippen molar-refractivity contribution in [3.05, 3.63) is 10.0 Å². The van der Waals surface area contributed by atoms with E-state index in [0.29, 0.717) is 6.54 Å². The van der Waals surface area contributed by atoms with Gasteiger partial charge in [0.2, 0.25) is 0 Å². The van der Waals surface area contributed by atoms with E-state index in [1.165, 1.54) is 43.5 Å². The van der Waals surface area contributed by atoms with Crippen LogP contribution in [-0.4, -0.2) is 16.7 Å². The first-order chi connectivity index (χ1) is 7.86. The molecule has 0 saturated carbocycles. The average Bonchev–Trinajstić information content (AvgIpc) is 2.72. The zero-order chi connectivity index (χ0) is 11.6. The van der Waals surface area contributed by atoms with Crippen LogP contribution in [0, 0.1) is 0 Å². The van der Waals surface area contributed by atoms with Crippen LogP contribution in [0.15, 0.2) is 0 Å². The van der Waals surface area contributed by atoms with E-state index in [0.717, 1.165) is 17.8 Å². The standard InChI is InChI=1S/C12H23N3S/c1-2-3-4-5-6-7-8-11-14-15-12(16-11)9-10-13/h2-10,13H2,1H3. The summed E-state index contributed by atoms with van der Waals surface area (Å²) < 4.78 is 0. The molecule has 0 bridgehead atoms. The second-order valence-corrected chi connectivity index (χ2v) is 5.29. The molecule has 0 fully saturated rings. The third kappa shape index (κ3) is 5.56. The minimum atomic E-state index is 0.672. The van der Waals surface area contributed by atoms with Crippen LogP contribution >= 0.6 is 11.3 Å². The molecule has 0 unspecified atom stereocenters. The molecule has 4 heteroatoms. The predicted octanol–water partition coefficient (Wildman–Crippen LogP) is 2.94. The van der Waals surface area contributed by atoms with Crippen molar-refractivity contribution in [1.82, 2.24) is 10.2 Å². The first-order valence-electron chi connectivity index (χ1n) is 6.38. The summed E-state index contributed by atoms with van der Waals surface area (Å²) in [7, 11) is 0. The Morgan fingerprint density at radius 2 is 1.56 bits per heavy atom. The number of hydrogen-bond donors (Lipinski definition) is 1. The molecule has 1 aromatic heterocycles. The molecule has 0 aliphatic heterocycles. The van der Waals surface area contributed by atoms with Crippen molar-refractivity contribution in [3.8, 4) is 0 Å². The SMILES string of the molecule is CCCCCCCCc1nnc(CCN)s1. The lowest BCUT2D eigenvalue weighted by Crippen LogP contribution is -2.01. The van der Waals surface area contributed by atoms with E-state index in [-0.39, 0.29) is 0 Å². The molecule has 92 valence electrons. The molecule has 0 aliphatic carbocycles. The average molecular weight is 241 g/mol. The Hall–Kier alpha value is -0.480. The van der Waals surface area contributed by atoms with E-state index in [1.807, 2.05) is 0 Å². The van der Waals surface area contributed by atoms with Gasteiger partial charge in [0.15, 0.2) is 0 Å². The lowest BCUT2D eigenvalue weighted by molar-refractivity contribution is 0.606. The van der Waals surface area contributed by atoms with Crippen molar-refractivity contribution < 1.29 is 0 Å². The van der Waals surface area contributed by atoms with Crippen molar-refractivity contribution in [1.29, 1.82) is 0 Å². The Bertz CT molecular complexity index is 273. The molecular weight excluding hydrogens is 218 g/mol. The van der Waals surface area contributed by atoms with Gasteiger partial charge >= 0.3 is 0 Å². The van der Waals surface area contributed by atoms with Gasteiger partial charge < -0.3 is 5.73 Å². The highest BCUT2D eigenvalue weighted by molar-refractivity contribution is 7.11. The first-order valence-corrected chi connectivity index (χ1v) is 7.19. The lowest BCUT2D eigenvalue weighted by atomic mass is 10.1. The third-order valence-corrected chi connectivity index (χ3v) is 3.65. The quantitative estimate of drug-likeness (QED) is 0.676. The van der Waals surface area contributed by atoms with Crippen LogP contribution in [0.2, 0.25) is 0 Å². The molecule has 1 heterocycles. The number of aryl methyl sites for hydroxylation is 1. The van der Waals surface area contributed by atoms with Crippen LogP contribution in [0.4, 0.5) is 0 Å². The Balaban J connectivity index is 2.07. The molecule has 0 aliphatic rings. The van der Waals surface area contributed by atoms with Gasteiger partial charge in [-0.15, -0.1) is 21.5 Å². The topological polar surface area (TPSA) is 51.8 Å². The second kappa shape index (κ2) is 8.65. The van der Waals surface area contributed by atoms with Gasteiger partial charge in [0.1, 0.15) is 10.0 Å². The molecule has 16 heavy (non-hydrogen) atoms. The normalized spacial score (nSPS) is 10.9. The molecule has 1 rings (SSSR count). The predicted molar refractivity (Wildman–Crippen MR) is 69.7 cm³/mol. The highest BCUT2D eigenvalue weighted by Crippen LogP contribution is 2.14. The summed E-state index contributed by atoms with van der Waals surface area (Å²) >= 11 is 1.72. The van der Waals surface area contributed by atoms with E-state index in [4.69, 9.17) is 5.73 Å². The summed E-state index contributed by atoms with van der Waals surface area (Å²) in [5.74, 6) is 0. The fourth-order valence-electron chi connectivity index (χ4n) is 1.67. The number of aromatic nitrogens is 2. The largest absolute Gasteiger partial charge is 0.330 e. The summed E-state index contributed by atoms with van der Waals surface area (Å²) in [6, 6.07) is 0. The highest BCUT2D eigenvalue weighted by atomic mass is 32.1. The van der Waals surface area contributed by atoms with Crippen molar-refractivity contribution in [2.24, 2.45) is 5.73 Å². The maximum atomic E-state index is 5.48. The molecule has 0 spiro atoms. The number of unbranched alkanes of at least 4 members (excludes halogenated alkanes) is 5. The first kappa shape index (κ1) is 13.6. The van der Waals surface area contributed by atoms with E-state index in [1.54, 1.807) is 11.3 Å². The zero-order valence-electron chi connectivity index (χ0n) is 10.2. The van der Waals surface area contributed by atoms with Crippen LogP contribution in [0.1, 0.15) is 55.5 Å². The molecule has 0 aromatic carbocycles. The van der Waals surface area contributed by atoms with Crippen molar-refractivity contribution in [3.63, 3.8) is 0 Å². The van der Waals surface area contributed by atoms with Gasteiger partial charge in [-0.1, -0.05) is 39.0 Å². The molecule has 3 nitrogen and oxygen atoms in total. The molecule has 0 saturated heterocycles. The Labute approximate surface area is 102 Å². The molecular formula is C12H23N3S. The van der Waals surface area contributed by atoms with E-state index < -0.39 is 0 Å². The minimum Gasteiger partial charge on any atom is -0.330 e. The van der Waals surface area contributed by atoms with Crippen LogP contribution in [-0.2, 0) is 12.8 Å². The highest BCUT2D eigenvalue weighted by Gasteiger charge is 2.02. The van der Waals surface area contributed by atoms with E-state index in [9.17, 15) is 0 Å². The van der Waals surface area contributed by atoms with Gasteiger partial charge in [-0.2, -0.15) is 0 Å². The summed E-state index contributed by atoms with van der Waals surface area (Å²) in [4.78, 5) is 0. The van der Waals surface area contributed by atoms with Crippen molar-refractivity contribution in [2.45, 2.75) is 58.3 Å². The van der Waals surface area contributed by atoms with Gasteiger partial charge in [0, 0.05) is 12.8 Å². The fraction of sp³-hybridized carbons (Fsp3) is 0.833. The lowest BCUT2D eigenvalue weighted by Gasteiger charge is -1.98. The molecule has 1 aromatic rings. The number of nitrogens with two attached hydrogens (primary N) is 1. The Morgan fingerprint density at radius 3 is 2.25 bits per heavy atom. The van der Waals surface area contributed by atoms with Crippen molar-refractivity contribution >= 4 is 11.3 Å². The summed E-state index contributed by atoms with van der Waals surface area (Å²) in [5.41, 5.74) is 5.48. The van der Waals surface area contributed by atoms with Gasteiger partial charge in [-0.05, 0) is 13.0 Å². The summed E-state index contributed by atoms with van der Waals surface area (Å²) in [6.07, 6.45) is 9.97. The maximum Gasteiger partial charge on any atom is 0.118 e. The van der Waals surface area contributed by atoms with Gasteiger partial charge in [-0.3, -0.25) is 0 Å². The smallest absolute Gasteiger partial charge is 0.118 e. The fourth-order valence-corrected chi connectivity index (χ4v) is 2.57. The molecule has 0 radical (unpaired) electrons. The second-order valence-electron chi connectivity index (χ2n) is 4.15. The van der Waals surface area contributed by atoms with Gasteiger partial charge in [0.25, 0.3) is 0 Å². The molecule has 2 N–H and O–H groups in total.